The molecule has 1 aliphatic heterocycles. The number of rotatable bonds is 2. The summed E-state index contributed by atoms with van der Waals surface area (Å²) in [6.45, 7) is 5.21. The minimum Gasteiger partial charge on any atom is -0.850 e. The summed E-state index contributed by atoms with van der Waals surface area (Å²) in [6, 6.07) is 7.04. The molecule has 2 aromatic rings. The van der Waals surface area contributed by atoms with Crippen LogP contribution in [0, 0.1) is 17.2 Å². The Labute approximate surface area is 191 Å². The van der Waals surface area contributed by atoms with Crippen LogP contribution < -0.4 is 29.3 Å². The molecule has 162 valence electrons. The zero-order chi connectivity index (χ0) is 22.2. The smallest absolute Gasteiger partial charge is 0.850 e. The predicted molar refractivity (Wildman–Crippen MR) is 104 cm³/mol. The van der Waals surface area contributed by atoms with Gasteiger partial charge in [0.25, 0.3) is 5.92 Å². The van der Waals surface area contributed by atoms with E-state index in [1.807, 2.05) is 6.07 Å². The fourth-order valence-corrected chi connectivity index (χ4v) is 3.76. The van der Waals surface area contributed by atoms with E-state index in [1.165, 1.54) is 6.33 Å². The van der Waals surface area contributed by atoms with E-state index in [1.54, 1.807) is 43.5 Å². The molecule has 2 aliphatic rings. The molecule has 2 heterocycles. The number of benzene rings is 1. The van der Waals surface area contributed by atoms with Gasteiger partial charge in [-0.25, -0.2) is 18.6 Å². The van der Waals surface area contributed by atoms with Gasteiger partial charge in [0, 0.05) is 18.9 Å². The van der Waals surface area contributed by atoms with Crippen LogP contribution in [0.4, 0.5) is 13.6 Å². The molecule has 0 radical (unpaired) electrons. The van der Waals surface area contributed by atoms with Gasteiger partial charge in [0.2, 0.25) is 0 Å². The average molecular weight is 426 g/mol. The van der Waals surface area contributed by atoms with E-state index in [0.717, 1.165) is 0 Å². The van der Waals surface area contributed by atoms with E-state index in [9.17, 15) is 18.7 Å². The van der Waals surface area contributed by atoms with Crippen molar-refractivity contribution in [2.45, 2.75) is 63.7 Å². The zero-order valence-electron chi connectivity index (χ0n) is 18.2. The third-order valence-electron chi connectivity index (χ3n) is 5.16. The number of nitrogens with zero attached hydrogens (tertiary/aromatic N) is 3. The molecule has 1 saturated carbocycles. The number of halogens is 2. The molecular weight excluding hydrogens is 401 g/mol. The number of hydrogen-bond donors (Lipinski definition) is 1. The van der Waals surface area contributed by atoms with Crippen molar-refractivity contribution in [3.8, 4) is 6.07 Å². The minimum atomic E-state index is -2.84. The summed E-state index contributed by atoms with van der Waals surface area (Å²) in [6.07, 6.45) is 0.898. The summed E-state index contributed by atoms with van der Waals surface area (Å²) in [5, 5.41) is 21.7. The van der Waals surface area contributed by atoms with Crippen molar-refractivity contribution < 1.29 is 42.3 Å². The van der Waals surface area contributed by atoms with Crippen molar-refractivity contribution in [2.75, 3.05) is 6.54 Å². The molecule has 1 aliphatic carbocycles. The molecule has 1 amide bonds. The number of amides is 1. The number of nitriles is 1. The number of imidazole rings is 1. The normalized spacial score (nSPS) is 24.4. The van der Waals surface area contributed by atoms with Crippen LogP contribution in [0.5, 0.6) is 0 Å². The van der Waals surface area contributed by atoms with Crippen molar-refractivity contribution in [3.05, 3.63) is 30.1 Å². The number of carbonyl (C=O) groups excluding carboxylic acids is 1. The van der Waals surface area contributed by atoms with Crippen LogP contribution in [-0.4, -0.2) is 39.3 Å². The summed E-state index contributed by atoms with van der Waals surface area (Å²) < 4.78 is 35.9. The van der Waals surface area contributed by atoms with Gasteiger partial charge < -0.3 is 19.7 Å². The van der Waals surface area contributed by atoms with Crippen LogP contribution in [0.25, 0.3) is 11.0 Å². The topological polar surface area (TPSA) is 103 Å². The molecule has 31 heavy (non-hydrogen) atoms. The SMILES string of the molecule is CC(C)(C)[O-].N#Cc1ccc2ncn(C[C@@H]3C[C@@]4(CCC3(F)F)CNC(=O)O4)c2c1.[Li+]. The average Bonchev–Trinajstić information content (AvgIpc) is 3.21. The molecular formula is C21H25F2LiN4O3. The second-order valence-electron chi connectivity index (χ2n) is 8.91. The number of nitrogens with one attached hydrogen (secondary N) is 1. The number of aromatic nitrogens is 2. The molecule has 7 nitrogen and oxygen atoms in total. The summed E-state index contributed by atoms with van der Waals surface area (Å²) in [5.41, 5.74) is 0.158. The van der Waals surface area contributed by atoms with E-state index < -0.39 is 29.1 Å². The first-order valence-electron chi connectivity index (χ1n) is 9.81. The predicted octanol–water partition coefficient (Wildman–Crippen LogP) is -0.0288. The molecule has 4 rings (SSSR count). The van der Waals surface area contributed by atoms with Gasteiger partial charge in [0.05, 0.1) is 35.5 Å². The Bertz CT molecular complexity index is 977. The largest absolute Gasteiger partial charge is 1.00 e. The Morgan fingerprint density at radius 1 is 1.39 bits per heavy atom. The molecule has 0 unspecified atom stereocenters. The monoisotopic (exact) mass is 426 g/mol. The van der Waals surface area contributed by atoms with Gasteiger partial charge in [0.1, 0.15) is 5.60 Å². The number of fused-ring (bicyclic) bond motifs is 1. The van der Waals surface area contributed by atoms with Gasteiger partial charge in [-0.1, -0.05) is 20.8 Å². The maximum atomic E-state index is 14.5. The van der Waals surface area contributed by atoms with E-state index in [0.29, 0.717) is 16.6 Å². The van der Waals surface area contributed by atoms with Gasteiger partial charge >= 0.3 is 25.0 Å². The van der Waals surface area contributed by atoms with Gasteiger partial charge in [-0.2, -0.15) is 5.26 Å². The fraction of sp³-hybridized carbons (Fsp3) is 0.571. The van der Waals surface area contributed by atoms with Crippen LogP contribution in [-0.2, 0) is 11.3 Å². The quantitative estimate of drug-likeness (QED) is 0.680. The molecule has 1 N–H and O–H groups in total. The Kier molecular flexibility index (Phi) is 7.42. The van der Waals surface area contributed by atoms with E-state index in [4.69, 9.17) is 10.00 Å². The third-order valence-corrected chi connectivity index (χ3v) is 5.16. The van der Waals surface area contributed by atoms with Crippen LogP contribution in [0.1, 0.15) is 45.6 Å². The Balaban J connectivity index is 0.000000514. The van der Waals surface area contributed by atoms with Crippen molar-refractivity contribution in [1.29, 1.82) is 5.26 Å². The fourth-order valence-electron chi connectivity index (χ4n) is 3.76. The molecule has 2 atom stereocenters. The molecule has 1 aromatic carbocycles. The Hall–Kier alpha value is -2.13. The van der Waals surface area contributed by atoms with Crippen LogP contribution >= 0.6 is 0 Å². The van der Waals surface area contributed by atoms with Crippen molar-refractivity contribution in [1.82, 2.24) is 14.9 Å². The van der Waals surface area contributed by atoms with Gasteiger partial charge in [-0.3, -0.25) is 0 Å². The third kappa shape index (κ3) is 6.19. The van der Waals surface area contributed by atoms with Gasteiger partial charge in [-0.05, 0) is 31.0 Å². The van der Waals surface area contributed by atoms with E-state index >= 15 is 0 Å². The first kappa shape index (κ1) is 25.1. The molecule has 10 heteroatoms. The van der Waals surface area contributed by atoms with Crippen LogP contribution in [0.2, 0.25) is 0 Å². The van der Waals surface area contributed by atoms with Gasteiger partial charge in [0.15, 0.2) is 0 Å². The minimum absolute atomic E-state index is 0. The maximum Gasteiger partial charge on any atom is 1.00 e. The van der Waals surface area contributed by atoms with Crippen molar-refractivity contribution in [3.63, 3.8) is 0 Å². The van der Waals surface area contributed by atoms with Crippen LogP contribution in [0.15, 0.2) is 24.5 Å². The standard InChI is InChI=1S/C17H16F2N4O2.C4H9O.Li/c18-17(19)4-3-16(9-21-15(24)25-16)6-12(17)8-23-10-22-13-2-1-11(7-20)5-14(13)23;1-4(2,3)5;/h1-2,5,10,12H,3-4,6,8-9H2,(H,21,24);1-3H3;/q;-1;+1/t12-,16-;;/m0../s1. The molecule has 1 spiro atoms. The zero-order valence-corrected chi connectivity index (χ0v) is 18.2. The number of hydrogen-bond acceptors (Lipinski definition) is 5. The summed E-state index contributed by atoms with van der Waals surface area (Å²) in [4.78, 5) is 15.6. The molecule has 1 saturated heterocycles. The van der Waals surface area contributed by atoms with Crippen LogP contribution in [0.3, 0.4) is 0 Å². The molecule has 0 bridgehead atoms. The van der Waals surface area contributed by atoms with Crippen molar-refractivity contribution in [2.24, 2.45) is 5.92 Å². The Morgan fingerprint density at radius 3 is 2.65 bits per heavy atom. The Morgan fingerprint density at radius 2 is 2.06 bits per heavy atom. The maximum absolute atomic E-state index is 14.5. The van der Waals surface area contributed by atoms with E-state index in [2.05, 4.69) is 10.3 Å². The second-order valence-corrected chi connectivity index (χ2v) is 8.91. The summed E-state index contributed by atoms with van der Waals surface area (Å²) >= 11 is 0. The summed E-state index contributed by atoms with van der Waals surface area (Å²) in [7, 11) is 0. The first-order chi connectivity index (χ1) is 13.9. The molecule has 2 fully saturated rings. The number of ether oxygens (including phenoxy) is 1. The summed E-state index contributed by atoms with van der Waals surface area (Å²) in [5.74, 6) is -3.82. The first-order valence-corrected chi connectivity index (χ1v) is 9.81. The number of alkyl halides is 2. The number of carbonyl (C=O) groups is 1. The van der Waals surface area contributed by atoms with Gasteiger partial charge in [-0.15, -0.1) is 5.60 Å². The number of alkyl carbamates (subject to hydrolysis) is 1. The second kappa shape index (κ2) is 9.16. The van der Waals surface area contributed by atoms with Crippen molar-refractivity contribution >= 4 is 17.1 Å². The van der Waals surface area contributed by atoms with E-state index in [-0.39, 0.29) is 51.2 Å². The molecule has 1 aromatic heterocycles.